The van der Waals surface area contributed by atoms with E-state index >= 15 is 0 Å². The molecule has 0 aromatic heterocycles. The number of ether oxygens (including phenoxy) is 5. The highest BCUT2D eigenvalue weighted by molar-refractivity contribution is 6.00. The lowest BCUT2D eigenvalue weighted by molar-refractivity contribution is -0.152. The predicted octanol–water partition coefficient (Wildman–Crippen LogP) is 2.90. The van der Waals surface area contributed by atoms with Crippen LogP contribution in [-0.2, 0) is 14.2 Å². The Morgan fingerprint density at radius 3 is 2.72 bits per heavy atom. The van der Waals surface area contributed by atoms with Gasteiger partial charge in [0.15, 0.2) is 12.6 Å². The first-order chi connectivity index (χ1) is 15.2. The van der Waals surface area contributed by atoms with Crippen LogP contribution in [0.3, 0.4) is 0 Å². The second kappa shape index (κ2) is 10.5. The molecule has 2 heterocycles. The van der Waals surface area contributed by atoms with E-state index in [4.69, 9.17) is 23.7 Å². The van der Waals surface area contributed by atoms with Gasteiger partial charge in [0.25, 0.3) is 5.91 Å². The Bertz CT molecular complexity index is 864. The Hall–Kier alpha value is -2.39. The third-order valence-electron chi connectivity index (χ3n) is 5.35. The maximum Gasteiger partial charge on any atom is 0.255 e. The van der Waals surface area contributed by atoms with Crippen LogP contribution in [0.2, 0.25) is 0 Å². The fourth-order valence-corrected chi connectivity index (χ4v) is 3.83. The maximum atomic E-state index is 13.1. The Morgan fingerprint density at radius 2 is 2.00 bits per heavy atom. The molecule has 2 aliphatic heterocycles. The van der Waals surface area contributed by atoms with Crippen LogP contribution in [0.4, 0.5) is 0 Å². The second-order valence-electron chi connectivity index (χ2n) is 8.48. The summed E-state index contributed by atoms with van der Waals surface area (Å²) in [6, 6.07) is 3.45. The molecule has 0 saturated carbocycles. The maximum absolute atomic E-state index is 13.1. The Balaban J connectivity index is 2.02. The van der Waals surface area contributed by atoms with Gasteiger partial charge in [0, 0.05) is 19.7 Å². The number of carbonyl (C=O) groups is 1. The highest BCUT2D eigenvalue weighted by Gasteiger charge is 2.43. The van der Waals surface area contributed by atoms with Crippen molar-refractivity contribution in [1.29, 1.82) is 0 Å². The van der Waals surface area contributed by atoms with Crippen molar-refractivity contribution in [1.82, 2.24) is 5.32 Å². The van der Waals surface area contributed by atoms with Crippen LogP contribution in [-0.4, -0.2) is 62.7 Å². The van der Waals surface area contributed by atoms with Gasteiger partial charge in [0.1, 0.15) is 23.7 Å². The van der Waals surface area contributed by atoms with E-state index in [2.05, 4.69) is 5.32 Å². The van der Waals surface area contributed by atoms with Gasteiger partial charge in [-0.3, -0.25) is 4.79 Å². The van der Waals surface area contributed by atoms with Crippen molar-refractivity contribution in [2.24, 2.45) is 5.92 Å². The molecule has 3 rings (SSSR count). The number of aliphatic hydroxyl groups excluding tert-OH is 1. The summed E-state index contributed by atoms with van der Waals surface area (Å²) in [5, 5.41) is 13.6. The molecule has 0 aliphatic carbocycles. The molecule has 4 atom stereocenters. The lowest BCUT2D eigenvalue weighted by atomic mass is 9.99. The Kier molecular flexibility index (Phi) is 7.95. The molecule has 1 amide bonds. The Morgan fingerprint density at radius 1 is 1.22 bits per heavy atom. The van der Waals surface area contributed by atoms with E-state index in [0.717, 1.165) is 0 Å². The number of fused-ring (bicyclic) bond motifs is 2. The van der Waals surface area contributed by atoms with E-state index in [1.165, 1.54) is 7.11 Å². The highest BCUT2D eigenvalue weighted by atomic mass is 16.8. The molecule has 1 saturated heterocycles. The van der Waals surface area contributed by atoms with Crippen LogP contribution >= 0.6 is 0 Å². The molecule has 32 heavy (non-hydrogen) atoms. The van der Waals surface area contributed by atoms with Crippen LogP contribution in [0.15, 0.2) is 30.4 Å². The third kappa shape index (κ3) is 5.89. The van der Waals surface area contributed by atoms with Crippen molar-refractivity contribution < 1.29 is 33.6 Å². The van der Waals surface area contributed by atoms with Crippen molar-refractivity contribution in [3.8, 4) is 11.5 Å². The van der Waals surface area contributed by atoms with E-state index < -0.39 is 18.0 Å². The van der Waals surface area contributed by atoms with Crippen LogP contribution in [0.25, 0.3) is 6.08 Å². The number of methoxy groups -OCH3 is 2. The van der Waals surface area contributed by atoms with Crippen molar-refractivity contribution in [3.05, 3.63) is 41.5 Å². The molecule has 1 aromatic carbocycles. The van der Waals surface area contributed by atoms with E-state index in [0.29, 0.717) is 35.6 Å². The monoisotopic (exact) mass is 447 g/mol. The van der Waals surface area contributed by atoms with Gasteiger partial charge in [-0.05, 0) is 37.8 Å². The zero-order chi connectivity index (χ0) is 23.3. The second-order valence-corrected chi connectivity index (χ2v) is 8.48. The molecule has 1 aromatic rings. The summed E-state index contributed by atoms with van der Waals surface area (Å²) in [4.78, 5) is 13.1. The van der Waals surface area contributed by atoms with Gasteiger partial charge < -0.3 is 34.1 Å². The van der Waals surface area contributed by atoms with E-state index in [1.54, 1.807) is 25.3 Å². The summed E-state index contributed by atoms with van der Waals surface area (Å²) < 4.78 is 28.1. The normalized spacial score (nSPS) is 29.8. The molecule has 8 nitrogen and oxygen atoms in total. The number of hydrogen-bond acceptors (Lipinski definition) is 7. The summed E-state index contributed by atoms with van der Waals surface area (Å²) >= 11 is 0. The first-order valence-corrected chi connectivity index (χ1v) is 10.7. The van der Waals surface area contributed by atoms with E-state index in [9.17, 15) is 9.90 Å². The van der Waals surface area contributed by atoms with Crippen molar-refractivity contribution >= 4 is 12.0 Å². The lowest BCUT2D eigenvalue weighted by Gasteiger charge is -2.21. The molecule has 0 radical (unpaired) electrons. The van der Waals surface area contributed by atoms with Crippen LogP contribution in [0.1, 0.15) is 43.1 Å². The summed E-state index contributed by atoms with van der Waals surface area (Å²) in [6.45, 7) is 6.01. The van der Waals surface area contributed by atoms with Gasteiger partial charge in [-0.15, -0.1) is 0 Å². The van der Waals surface area contributed by atoms with E-state index in [-0.39, 0.29) is 24.7 Å². The number of rotatable bonds is 4. The smallest absolute Gasteiger partial charge is 0.255 e. The van der Waals surface area contributed by atoms with Crippen molar-refractivity contribution in [3.63, 3.8) is 0 Å². The zero-order valence-electron chi connectivity index (χ0n) is 19.3. The number of aliphatic hydroxyl groups is 1. The predicted molar refractivity (Wildman–Crippen MR) is 120 cm³/mol. The van der Waals surface area contributed by atoms with Crippen molar-refractivity contribution in [2.45, 2.75) is 51.3 Å². The molecule has 0 spiro atoms. The molecular formula is C24H33NO7. The minimum absolute atomic E-state index is 0.00233. The largest absolute Gasteiger partial charge is 0.497 e. The summed E-state index contributed by atoms with van der Waals surface area (Å²) in [6.07, 6.45) is 6.14. The van der Waals surface area contributed by atoms with Gasteiger partial charge >= 0.3 is 0 Å². The summed E-state index contributed by atoms with van der Waals surface area (Å²) in [5.41, 5.74) is 1.04. The first kappa shape index (κ1) is 24.3. The van der Waals surface area contributed by atoms with Gasteiger partial charge in [-0.25, -0.2) is 0 Å². The van der Waals surface area contributed by atoms with Gasteiger partial charge in [0.2, 0.25) is 0 Å². The molecule has 1 fully saturated rings. The van der Waals surface area contributed by atoms with Gasteiger partial charge in [-0.1, -0.05) is 31.2 Å². The van der Waals surface area contributed by atoms with Crippen LogP contribution in [0, 0.1) is 5.92 Å². The number of benzene rings is 1. The molecule has 8 heteroatoms. The third-order valence-corrected chi connectivity index (χ3v) is 5.35. The Labute approximate surface area is 189 Å². The van der Waals surface area contributed by atoms with Crippen LogP contribution < -0.4 is 14.8 Å². The van der Waals surface area contributed by atoms with Gasteiger partial charge in [0.05, 0.1) is 18.8 Å². The summed E-state index contributed by atoms with van der Waals surface area (Å²) in [7, 11) is 3.07. The average molecular weight is 448 g/mol. The minimum Gasteiger partial charge on any atom is -0.497 e. The quantitative estimate of drug-likeness (QED) is 0.541. The van der Waals surface area contributed by atoms with Crippen LogP contribution in [0.5, 0.6) is 11.5 Å². The number of nitrogens with one attached hydrogen (secondary N) is 1. The molecular weight excluding hydrogens is 414 g/mol. The molecule has 2 N–H and O–H groups in total. The standard InChI is InChI=1S/C24H33NO7/c1-15-9-10-18(26)22-19(31-24(2,3)32-22)8-6-7-16-11-17(29-5)12-20(30-14-28-4)21(16)23(27)25-13-15/h6-7,9-12,15,18-19,22,26H,8,13-14H2,1-5H3,(H,25,27)/b7-6+,10-9-/t15-,18?,19+,22?/m1/s1. The number of amides is 1. The zero-order valence-corrected chi connectivity index (χ0v) is 19.3. The topological polar surface area (TPSA) is 95.5 Å². The highest BCUT2D eigenvalue weighted by Crippen LogP contribution is 2.34. The SMILES string of the molecule is COCOc1cc(OC)cc2c1C(=O)NC[C@H](C)/C=C\C(O)C1OC(C)(C)O[C@H]1C/C=C/2. The minimum atomic E-state index is -0.822. The number of carbonyl (C=O) groups excluding carboxylic acids is 1. The fraction of sp³-hybridized carbons (Fsp3) is 0.542. The summed E-state index contributed by atoms with van der Waals surface area (Å²) in [5.74, 6) is -0.146. The molecule has 2 aliphatic rings. The fourth-order valence-electron chi connectivity index (χ4n) is 3.83. The lowest BCUT2D eigenvalue weighted by Crippen LogP contribution is -2.34. The average Bonchev–Trinajstić information content (AvgIpc) is 3.07. The van der Waals surface area contributed by atoms with E-state index in [1.807, 2.05) is 39.0 Å². The molecule has 0 bridgehead atoms. The molecule has 176 valence electrons. The van der Waals surface area contributed by atoms with Gasteiger partial charge in [-0.2, -0.15) is 0 Å². The number of hydrogen-bond donors (Lipinski definition) is 2. The van der Waals surface area contributed by atoms with Crippen molar-refractivity contribution in [2.75, 3.05) is 27.6 Å². The molecule has 2 unspecified atom stereocenters. The first-order valence-electron chi connectivity index (χ1n) is 10.7.